The number of anilines is 3. The van der Waals surface area contributed by atoms with Crippen LogP contribution in [0.4, 0.5) is 17.2 Å². The number of amides is 2. The highest BCUT2D eigenvalue weighted by Gasteiger charge is 2.16. The van der Waals surface area contributed by atoms with E-state index in [1.807, 2.05) is 153 Å². The van der Waals surface area contributed by atoms with Crippen molar-refractivity contribution in [3.63, 3.8) is 0 Å². The van der Waals surface area contributed by atoms with Gasteiger partial charge in [0.25, 0.3) is 11.8 Å². The lowest BCUT2D eigenvalue weighted by Crippen LogP contribution is -2.26. The van der Waals surface area contributed by atoms with Gasteiger partial charge in [-0.3, -0.25) is 9.59 Å². The van der Waals surface area contributed by atoms with Gasteiger partial charge in [0.15, 0.2) is 0 Å². The summed E-state index contributed by atoms with van der Waals surface area (Å²) in [7, 11) is 3.51. The minimum absolute atomic E-state index is 0.0518. The Morgan fingerprint density at radius 3 is 1.46 bits per heavy atom. The topological polar surface area (TPSA) is 104 Å². The fraction of sp³-hybridized carbons (Fsp3) is 0.120. The number of carbonyl (C=O) groups is 2. The molecule has 0 aliphatic carbocycles. The van der Waals surface area contributed by atoms with Crippen molar-refractivity contribution in [1.82, 2.24) is 9.97 Å². The monoisotopic (exact) mass is 798 g/mol. The first kappa shape index (κ1) is 41.8. The van der Waals surface area contributed by atoms with Crippen molar-refractivity contribution in [2.24, 2.45) is 5.73 Å². The molecule has 8 nitrogen and oxygen atoms in total. The van der Waals surface area contributed by atoms with E-state index in [0.29, 0.717) is 22.0 Å². The number of nitrogens with one attached hydrogen (secondary N) is 1. The number of rotatable bonds is 8. The molecule has 0 radical (unpaired) electrons. The Balaban J connectivity index is 0.000000169. The molecule has 3 N–H and O–H groups in total. The second-order valence-corrected chi connectivity index (χ2v) is 14.5. The zero-order chi connectivity index (χ0) is 41.7. The maximum absolute atomic E-state index is 13.0. The van der Waals surface area contributed by atoms with Crippen molar-refractivity contribution in [3.8, 4) is 0 Å². The summed E-state index contributed by atoms with van der Waals surface area (Å²) in [5, 5.41) is 8.11. The maximum Gasteiger partial charge on any atom is 0.258 e. The van der Waals surface area contributed by atoms with E-state index in [1.165, 1.54) is 11.1 Å². The molecule has 0 aliphatic heterocycles. The molecule has 0 saturated heterocycles. The summed E-state index contributed by atoms with van der Waals surface area (Å²) < 4.78 is 0. The largest absolute Gasteiger partial charge is 0.363 e. The first-order valence-electron chi connectivity index (χ1n) is 19.3. The predicted octanol–water partition coefficient (Wildman–Crippen LogP) is 11.6. The number of aromatic nitrogens is 2. The molecule has 0 saturated carbocycles. The lowest BCUT2D eigenvalue weighted by molar-refractivity contribution is 0.0985. The number of nitrogens with two attached hydrogens (primary N) is 1. The molecule has 2 atom stereocenters. The summed E-state index contributed by atoms with van der Waals surface area (Å²) in [4.78, 5) is 37.1. The highest BCUT2D eigenvalue weighted by molar-refractivity contribution is 6.29. The number of carbonyl (C=O) groups excluding carboxylic acids is 2. The highest BCUT2D eigenvalue weighted by atomic mass is 35.5. The Kier molecular flexibility index (Phi) is 14.2. The van der Waals surface area contributed by atoms with Crippen LogP contribution in [0.15, 0.2) is 182 Å². The summed E-state index contributed by atoms with van der Waals surface area (Å²) in [5.74, 6) is 0.601. The smallest absolute Gasteiger partial charge is 0.258 e. The van der Waals surface area contributed by atoms with Crippen molar-refractivity contribution in [2.75, 3.05) is 29.2 Å². The SMILES string of the molecule is CN(C(=O)c1ccc2ccccc2c1)c1ccnc(Cl)c1.C[C@H](N)c1ccccc1.C[C@H](Nc1cc(N(C)C(=O)c2ccc3ccccc3c2)ccn1)c1ccccc1. The molecule has 8 aromatic rings. The van der Waals surface area contributed by atoms with Crippen molar-refractivity contribution in [3.05, 3.63) is 210 Å². The van der Waals surface area contributed by atoms with Gasteiger partial charge in [-0.15, -0.1) is 0 Å². The van der Waals surface area contributed by atoms with Crippen LogP contribution in [0.3, 0.4) is 0 Å². The number of hydrogen-bond donors (Lipinski definition) is 2. The van der Waals surface area contributed by atoms with E-state index in [9.17, 15) is 9.59 Å². The van der Waals surface area contributed by atoms with Crippen LogP contribution < -0.4 is 20.9 Å². The fourth-order valence-corrected chi connectivity index (χ4v) is 6.55. The van der Waals surface area contributed by atoms with Gasteiger partial charge >= 0.3 is 0 Å². The van der Waals surface area contributed by atoms with E-state index in [4.69, 9.17) is 17.3 Å². The predicted molar refractivity (Wildman–Crippen MR) is 244 cm³/mol. The van der Waals surface area contributed by atoms with Crippen molar-refractivity contribution in [1.29, 1.82) is 0 Å². The Bertz CT molecular complexity index is 2640. The average molecular weight is 799 g/mol. The number of halogens is 1. The summed E-state index contributed by atoms with van der Waals surface area (Å²) in [6, 6.07) is 55.2. The van der Waals surface area contributed by atoms with Gasteiger partial charge in [0.1, 0.15) is 11.0 Å². The summed E-state index contributed by atoms with van der Waals surface area (Å²) in [6.07, 6.45) is 3.31. The quantitative estimate of drug-likeness (QED) is 0.148. The highest BCUT2D eigenvalue weighted by Crippen LogP contribution is 2.25. The molecule has 2 amide bonds. The molecule has 0 spiro atoms. The van der Waals surface area contributed by atoms with E-state index in [1.54, 1.807) is 48.4 Å². The van der Waals surface area contributed by atoms with Gasteiger partial charge in [-0.1, -0.05) is 133 Å². The number of hydrogen-bond acceptors (Lipinski definition) is 6. The van der Waals surface area contributed by atoms with Crippen LogP contribution >= 0.6 is 11.6 Å². The van der Waals surface area contributed by atoms with Crippen molar-refractivity contribution < 1.29 is 9.59 Å². The third kappa shape index (κ3) is 11.2. The molecule has 0 aliphatic rings. The van der Waals surface area contributed by atoms with Crippen LogP contribution in [0, 0.1) is 0 Å². The van der Waals surface area contributed by atoms with Crippen LogP contribution in [0.25, 0.3) is 21.5 Å². The lowest BCUT2D eigenvalue weighted by atomic mass is 10.1. The van der Waals surface area contributed by atoms with Crippen molar-refractivity contribution >= 4 is 62.2 Å². The van der Waals surface area contributed by atoms with E-state index in [-0.39, 0.29) is 23.9 Å². The van der Waals surface area contributed by atoms with Crippen LogP contribution in [-0.4, -0.2) is 35.9 Å². The van der Waals surface area contributed by atoms with Gasteiger partial charge < -0.3 is 20.9 Å². The second-order valence-electron chi connectivity index (χ2n) is 14.1. The van der Waals surface area contributed by atoms with Crippen LogP contribution in [0.5, 0.6) is 0 Å². The molecule has 0 unspecified atom stereocenters. The van der Waals surface area contributed by atoms with Crippen LogP contribution in [-0.2, 0) is 0 Å². The molecule has 2 aromatic heterocycles. The molecule has 8 rings (SSSR count). The molecule has 0 fully saturated rings. The Morgan fingerprint density at radius 1 is 0.542 bits per heavy atom. The lowest BCUT2D eigenvalue weighted by Gasteiger charge is -2.20. The number of fused-ring (bicyclic) bond motifs is 2. The molecular formula is C50H47ClN6O2. The zero-order valence-electron chi connectivity index (χ0n) is 33.5. The molecule has 6 aromatic carbocycles. The second kappa shape index (κ2) is 20.0. The van der Waals surface area contributed by atoms with Gasteiger partial charge in [0.2, 0.25) is 0 Å². The zero-order valence-corrected chi connectivity index (χ0v) is 34.3. The fourth-order valence-electron chi connectivity index (χ4n) is 6.38. The van der Waals surface area contributed by atoms with E-state index < -0.39 is 0 Å². The molecule has 0 bridgehead atoms. The van der Waals surface area contributed by atoms with Gasteiger partial charge in [0.05, 0.1) is 0 Å². The maximum atomic E-state index is 13.0. The van der Waals surface area contributed by atoms with Crippen LogP contribution in [0.2, 0.25) is 5.15 Å². The summed E-state index contributed by atoms with van der Waals surface area (Å²) in [6.45, 7) is 4.07. The third-order valence-electron chi connectivity index (χ3n) is 9.82. The van der Waals surface area contributed by atoms with Gasteiger partial charge in [-0.2, -0.15) is 0 Å². The van der Waals surface area contributed by atoms with Crippen LogP contribution in [0.1, 0.15) is 57.8 Å². The minimum atomic E-state index is -0.0805. The standard InChI is InChI=1S/C25H23N3O.C17H13ClN2O.C8H11N/c1-18(19-8-4-3-5-9-19)27-24-17-23(14-15-26-24)28(2)25(29)22-13-12-20-10-6-7-11-21(20)16-22;1-20(15-8-9-19-16(18)11-15)17(21)14-7-6-12-4-2-3-5-13(12)10-14;1-7(9)8-5-3-2-4-6-8/h3-18H,1-2H3,(H,26,27);2-11H,1H3;2-7H,9H2,1H3/t18-;;7-/m0.0/s1. The Hall–Kier alpha value is -6.87. The number of nitrogens with zero attached hydrogens (tertiary/aromatic N) is 4. The third-order valence-corrected chi connectivity index (χ3v) is 10.0. The van der Waals surface area contributed by atoms with E-state index >= 15 is 0 Å². The molecular weight excluding hydrogens is 752 g/mol. The van der Waals surface area contributed by atoms with E-state index in [2.05, 4.69) is 34.3 Å². The van der Waals surface area contributed by atoms with Gasteiger partial charge in [0, 0.05) is 67.1 Å². The summed E-state index contributed by atoms with van der Waals surface area (Å²) >= 11 is 5.87. The minimum Gasteiger partial charge on any atom is -0.363 e. The molecule has 296 valence electrons. The first-order chi connectivity index (χ1) is 28.6. The van der Waals surface area contributed by atoms with Gasteiger partial charge in [-0.05, 0) is 89.0 Å². The summed E-state index contributed by atoms with van der Waals surface area (Å²) in [5.41, 5.74) is 10.8. The normalized spacial score (nSPS) is 11.6. The molecule has 2 heterocycles. The van der Waals surface area contributed by atoms with E-state index in [0.717, 1.165) is 33.1 Å². The van der Waals surface area contributed by atoms with Crippen molar-refractivity contribution in [2.45, 2.75) is 25.9 Å². The Labute approximate surface area is 350 Å². The number of benzene rings is 6. The Morgan fingerprint density at radius 2 is 0.983 bits per heavy atom. The van der Waals surface area contributed by atoms with Gasteiger partial charge in [-0.25, -0.2) is 9.97 Å². The number of pyridine rings is 2. The molecule has 59 heavy (non-hydrogen) atoms. The average Bonchev–Trinajstić information content (AvgIpc) is 3.28. The first-order valence-corrected chi connectivity index (χ1v) is 19.7. The molecule has 9 heteroatoms.